The normalized spacial score (nSPS) is 11.1. The van der Waals surface area contributed by atoms with Crippen molar-refractivity contribution in [3.63, 3.8) is 0 Å². The summed E-state index contributed by atoms with van der Waals surface area (Å²) >= 11 is 0. The predicted octanol–water partition coefficient (Wildman–Crippen LogP) is 0.863. The molecule has 6 heteroatoms. The molecule has 0 aliphatic rings. The van der Waals surface area contributed by atoms with Crippen LogP contribution in [0.3, 0.4) is 0 Å². The molecule has 1 rings (SSSR count). The molecule has 0 heterocycles. The van der Waals surface area contributed by atoms with Gasteiger partial charge in [-0.05, 0) is 12.1 Å². The first-order chi connectivity index (χ1) is 6.02. The Morgan fingerprint density at radius 1 is 1.14 bits per heavy atom. The maximum absolute atomic E-state index is 11.5. The highest BCUT2D eigenvalue weighted by Gasteiger charge is 2.12. The van der Waals surface area contributed by atoms with Crippen LogP contribution in [0.15, 0.2) is 35.2 Å². The summed E-state index contributed by atoms with van der Waals surface area (Å²) in [4.78, 5) is 2.61. The van der Waals surface area contributed by atoms with Crippen LogP contribution in [0, 0.1) is 0 Å². The molecule has 0 atom stereocenters. The van der Waals surface area contributed by atoms with Crippen molar-refractivity contribution in [2.24, 2.45) is 0 Å². The fourth-order valence-corrected chi connectivity index (χ4v) is 1.99. The molecule has 0 fully saturated rings. The second-order valence-electron chi connectivity index (χ2n) is 2.80. The van der Waals surface area contributed by atoms with E-state index < -0.39 is 10.0 Å². The summed E-state index contributed by atoms with van der Waals surface area (Å²) in [6.07, 6.45) is 0. The highest BCUT2D eigenvalue weighted by Crippen LogP contribution is 2.06. The Kier molecular flexibility index (Phi) is 5.07. The van der Waals surface area contributed by atoms with Gasteiger partial charge in [0.15, 0.2) is 0 Å². The summed E-state index contributed by atoms with van der Waals surface area (Å²) in [6, 6.07) is 8.24. The zero-order valence-electron chi connectivity index (χ0n) is 7.97. The quantitative estimate of drug-likeness (QED) is 0.793. The Morgan fingerprint density at radius 3 is 2.07 bits per heavy atom. The van der Waals surface area contributed by atoms with Crippen molar-refractivity contribution in [3.8, 4) is 0 Å². The van der Waals surface area contributed by atoms with E-state index in [-0.39, 0.29) is 17.3 Å². The molecule has 0 aromatic heterocycles. The molecule has 0 saturated heterocycles. The lowest BCUT2D eigenvalue weighted by Gasteiger charge is -2.11. The van der Waals surface area contributed by atoms with E-state index in [2.05, 4.69) is 4.83 Å². The summed E-state index contributed by atoms with van der Waals surface area (Å²) < 4.78 is 23.0. The molecular weight excluding hydrogens is 224 g/mol. The monoisotopic (exact) mass is 236 g/mol. The van der Waals surface area contributed by atoms with Crippen LogP contribution in [0.25, 0.3) is 0 Å². The number of nitrogens with one attached hydrogen (secondary N) is 1. The number of hydrogen-bond acceptors (Lipinski definition) is 3. The fourth-order valence-electron chi connectivity index (χ4n) is 0.893. The number of nitrogens with zero attached hydrogens (tertiary/aromatic N) is 1. The molecular formula is C8H13ClN2O2S. The smallest absolute Gasteiger partial charge is 0.237 e. The molecule has 1 N–H and O–H groups in total. The predicted molar refractivity (Wildman–Crippen MR) is 57.7 cm³/mol. The SMILES string of the molecule is CN(C)NS(=O)(=O)c1ccccc1.Cl. The molecule has 0 aliphatic heterocycles. The lowest BCUT2D eigenvalue weighted by Crippen LogP contribution is -2.36. The van der Waals surface area contributed by atoms with Crippen molar-refractivity contribution < 1.29 is 8.42 Å². The summed E-state index contributed by atoms with van der Waals surface area (Å²) in [5, 5.41) is 1.39. The molecule has 0 spiro atoms. The van der Waals surface area contributed by atoms with Crippen LogP contribution in [0.2, 0.25) is 0 Å². The molecule has 0 bridgehead atoms. The van der Waals surface area contributed by atoms with Crippen LogP contribution in [-0.2, 0) is 10.0 Å². The van der Waals surface area contributed by atoms with Gasteiger partial charge < -0.3 is 0 Å². The first-order valence-electron chi connectivity index (χ1n) is 3.77. The van der Waals surface area contributed by atoms with Gasteiger partial charge in [-0.25, -0.2) is 13.4 Å². The van der Waals surface area contributed by atoms with Gasteiger partial charge in [0.2, 0.25) is 0 Å². The summed E-state index contributed by atoms with van der Waals surface area (Å²) in [5.41, 5.74) is 0. The average molecular weight is 237 g/mol. The minimum absolute atomic E-state index is 0. The summed E-state index contributed by atoms with van der Waals surface area (Å²) in [6.45, 7) is 0. The van der Waals surface area contributed by atoms with E-state index in [1.165, 1.54) is 5.01 Å². The Balaban J connectivity index is 0.00000169. The fraction of sp³-hybridized carbons (Fsp3) is 0.250. The van der Waals surface area contributed by atoms with E-state index >= 15 is 0 Å². The van der Waals surface area contributed by atoms with Crippen molar-refractivity contribution in [2.45, 2.75) is 4.90 Å². The molecule has 0 radical (unpaired) electrons. The number of benzene rings is 1. The molecule has 0 amide bonds. The van der Waals surface area contributed by atoms with E-state index in [9.17, 15) is 8.42 Å². The van der Waals surface area contributed by atoms with Crippen LogP contribution >= 0.6 is 12.4 Å². The van der Waals surface area contributed by atoms with Gasteiger partial charge in [0.25, 0.3) is 10.0 Å². The minimum atomic E-state index is -3.38. The zero-order valence-corrected chi connectivity index (χ0v) is 9.60. The van der Waals surface area contributed by atoms with Crippen LogP contribution in [0.4, 0.5) is 0 Å². The average Bonchev–Trinajstić information content (AvgIpc) is 2.04. The van der Waals surface area contributed by atoms with Crippen LogP contribution < -0.4 is 4.83 Å². The molecule has 1 aromatic rings. The Morgan fingerprint density at radius 2 is 1.64 bits per heavy atom. The van der Waals surface area contributed by atoms with Gasteiger partial charge in [-0.2, -0.15) is 0 Å². The van der Waals surface area contributed by atoms with Crippen molar-refractivity contribution in [3.05, 3.63) is 30.3 Å². The zero-order chi connectivity index (χ0) is 9.90. The van der Waals surface area contributed by atoms with Crippen molar-refractivity contribution in [1.29, 1.82) is 0 Å². The highest BCUT2D eigenvalue weighted by molar-refractivity contribution is 7.89. The van der Waals surface area contributed by atoms with Gasteiger partial charge in [0.1, 0.15) is 0 Å². The second-order valence-corrected chi connectivity index (χ2v) is 4.46. The van der Waals surface area contributed by atoms with E-state index in [1.54, 1.807) is 44.4 Å². The van der Waals surface area contributed by atoms with Crippen LogP contribution in [-0.4, -0.2) is 27.5 Å². The number of sulfonamides is 1. The maximum Gasteiger partial charge on any atom is 0.253 e. The van der Waals surface area contributed by atoms with Crippen molar-refractivity contribution in [2.75, 3.05) is 14.1 Å². The van der Waals surface area contributed by atoms with E-state index in [1.807, 2.05) is 0 Å². The minimum Gasteiger partial charge on any atom is -0.237 e. The summed E-state index contributed by atoms with van der Waals surface area (Å²) in [5.74, 6) is 0. The van der Waals surface area contributed by atoms with Gasteiger partial charge in [-0.3, -0.25) is 0 Å². The summed E-state index contributed by atoms with van der Waals surface area (Å²) in [7, 11) is -0.133. The van der Waals surface area contributed by atoms with E-state index in [0.717, 1.165) is 0 Å². The molecule has 4 nitrogen and oxygen atoms in total. The van der Waals surface area contributed by atoms with E-state index in [4.69, 9.17) is 0 Å². The standard InChI is InChI=1S/C8H12N2O2S.ClH/c1-10(2)9-13(11,12)8-6-4-3-5-7-8;/h3-7,9H,1-2H3;1H. The molecule has 1 aromatic carbocycles. The van der Waals surface area contributed by atoms with Gasteiger partial charge in [0.05, 0.1) is 4.90 Å². The third kappa shape index (κ3) is 3.63. The number of rotatable bonds is 3. The Hall–Kier alpha value is -0.620. The van der Waals surface area contributed by atoms with Gasteiger partial charge in [0, 0.05) is 14.1 Å². The second kappa shape index (κ2) is 5.31. The Bertz CT molecular complexity index is 364. The maximum atomic E-state index is 11.5. The number of halogens is 1. The van der Waals surface area contributed by atoms with Crippen molar-refractivity contribution in [1.82, 2.24) is 9.84 Å². The lowest BCUT2D eigenvalue weighted by molar-refractivity contribution is 0.364. The third-order valence-electron chi connectivity index (χ3n) is 1.36. The topological polar surface area (TPSA) is 49.4 Å². The molecule has 80 valence electrons. The highest BCUT2D eigenvalue weighted by atomic mass is 35.5. The first kappa shape index (κ1) is 13.4. The number of hydrazine groups is 1. The lowest BCUT2D eigenvalue weighted by atomic mass is 10.4. The molecule has 0 aliphatic carbocycles. The molecule has 14 heavy (non-hydrogen) atoms. The third-order valence-corrected chi connectivity index (χ3v) is 2.85. The number of hydrogen-bond donors (Lipinski definition) is 1. The molecule has 0 unspecified atom stereocenters. The van der Waals surface area contributed by atoms with Gasteiger partial charge in [-0.15, -0.1) is 17.2 Å². The Labute approximate surface area is 90.4 Å². The van der Waals surface area contributed by atoms with Crippen LogP contribution in [0.1, 0.15) is 0 Å². The van der Waals surface area contributed by atoms with Gasteiger partial charge in [-0.1, -0.05) is 18.2 Å². The first-order valence-corrected chi connectivity index (χ1v) is 5.25. The van der Waals surface area contributed by atoms with Crippen molar-refractivity contribution >= 4 is 22.4 Å². The van der Waals surface area contributed by atoms with Crippen LogP contribution in [0.5, 0.6) is 0 Å². The largest absolute Gasteiger partial charge is 0.253 e. The molecule has 0 saturated carbocycles. The van der Waals surface area contributed by atoms with E-state index in [0.29, 0.717) is 0 Å². The van der Waals surface area contributed by atoms with Gasteiger partial charge >= 0.3 is 0 Å².